The van der Waals surface area contributed by atoms with E-state index in [0.717, 1.165) is 10.6 Å². The zero-order valence-electron chi connectivity index (χ0n) is 12.6. The van der Waals surface area contributed by atoms with Crippen molar-refractivity contribution in [2.45, 2.75) is 18.9 Å². The van der Waals surface area contributed by atoms with Gasteiger partial charge in [0.25, 0.3) is 0 Å². The predicted octanol–water partition coefficient (Wildman–Crippen LogP) is 1.35. The van der Waals surface area contributed by atoms with E-state index in [2.05, 4.69) is 15.3 Å². The van der Waals surface area contributed by atoms with E-state index in [1.807, 2.05) is 12.1 Å². The Morgan fingerprint density at radius 3 is 2.96 bits per heavy atom. The van der Waals surface area contributed by atoms with Crippen LogP contribution in [0.15, 0.2) is 29.9 Å². The van der Waals surface area contributed by atoms with Crippen LogP contribution in [0.1, 0.15) is 12.1 Å². The number of carboxylic acids is 1. The molecule has 0 radical (unpaired) electrons. The molecule has 0 bridgehead atoms. The van der Waals surface area contributed by atoms with Crippen LogP contribution in [0, 0.1) is 0 Å². The number of aliphatic carboxylic acids is 1. The SMILES string of the molecule is COCCC(NC(=O)Cc1csc(-c2cccnc2)n1)C(=O)O. The first-order valence-corrected chi connectivity index (χ1v) is 7.84. The minimum Gasteiger partial charge on any atom is -0.480 e. The molecule has 23 heavy (non-hydrogen) atoms. The Bertz CT molecular complexity index is 660. The molecule has 0 aliphatic carbocycles. The third-order valence-electron chi connectivity index (χ3n) is 3.05. The number of pyridine rings is 1. The molecule has 1 unspecified atom stereocenters. The number of carbonyl (C=O) groups is 2. The van der Waals surface area contributed by atoms with Crippen LogP contribution in [0.2, 0.25) is 0 Å². The Balaban J connectivity index is 1.95. The number of aromatic nitrogens is 2. The Kier molecular flexibility index (Phi) is 6.19. The molecule has 0 spiro atoms. The monoisotopic (exact) mass is 335 g/mol. The molecule has 2 aromatic heterocycles. The molecule has 1 atom stereocenters. The van der Waals surface area contributed by atoms with Crippen molar-refractivity contribution >= 4 is 23.2 Å². The number of hydrogen-bond acceptors (Lipinski definition) is 6. The molecule has 8 heteroatoms. The highest BCUT2D eigenvalue weighted by Gasteiger charge is 2.20. The smallest absolute Gasteiger partial charge is 0.326 e. The number of carboxylic acid groups (broad SMARTS) is 1. The van der Waals surface area contributed by atoms with Crippen LogP contribution in [0.25, 0.3) is 10.6 Å². The molecule has 2 heterocycles. The van der Waals surface area contributed by atoms with Gasteiger partial charge in [0.15, 0.2) is 0 Å². The lowest BCUT2D eigenvalue weighted by Gasteiger charge is -2.13. The highest BCUT2D eigenvalue weighted by molar-refractivity contribution is 7.13. The summed E-state index contributed by atoms with van der Waals surface area (Å²) in [7, 11) is 1.48. The lowest BCUT2D eigenvalue weighted by atomic mass is 10.2. The normalized spacial score (nSPS) is 11.9. The van der Waals surface area contributed by atoms with Crippen LogP contribution in [0.5, 0.6) is 0 Å². The first-order chi connectivity index (χ1) is 11.1. The second-order valence-corrected chi connectivity index (χ2v) is 5.66. The molecule has 1 amide bonds. The number of nitrogens with zero attached hydrogens (tertiary/aromatic N) is 2. The van der Waals surface area contributed by atoms with Gasteiger partial charge in [-0.1, -0.05) is 0 Å². The highest BCUT2D eigenvalue weighted by Crippen LogP contribution is 2.22. The van der Waals surface area contributed by atoms with E-state index in [1.54, 1.807) is 17.8 Å². The fraction of sp³-hybridized carbons (Fsp3) is 0.333. The number of methoxy groups -OCH3 is 1. The van der Waals surface area contributed by atoms with Gasteiger partial charge in [-0.15, -0.1) is 11.3 Å². The number of carbonyl (C=O) groups excluding carboxylic acids is 1. The third kappa shape index (κ3) is 5.11. The van der Waals surface area contributed by atoms with Gasteiger partial charge in [0.1, 0.15) is 11.0 Å². The van der Waals surface area contributed by atoms with Crippen LogP contribution >= 0.6 is 11.3 Å². The van der Waals surface area contributed by atoms with Crippen LogP contribution in [0.3, 0.4) is 0 Å². The van der Waals surface area contributed by atoms with Crippen molar-refractivity contribution in [2.24, 2.45) is 0 Å². The summed E-state index contributed by atoms with van der Waals surface area (Å²) in [5, 5.41) is 14.1. The highest BCUT2D eigenvalue weighted by atomic mass is 32.1. The maximum absolute atomic E-state index is 12.0. The first-order valence-electron chi connectivity index (χ1n) is 6.96. The molecular weight excluding hydrogens is 318 g/mol. The Morgan fingerprint density at radius 2 is 2.30 bits per heavy atom. The fourth-order valence-electron chi connectivity index (χ4n) is 1.91. The molecule has 0 saturated heterocycles. The molecule has 0 aromatic carbocycles. The molecule has 122 valence electrons. The van der Waals surface area contributed by atoms with Crippen molar-refractivity contribution in [3.05, 3.63) is 35.6 Å². The number of nitrogens with one attached hydrogen (secondary N) is 1. The molecule has 2 rings (SSSR count). The summed E-state index contributed by atoms with van der Waals surface area (Å²) in [6.45, 7) is 0.263. The minimum absolute atomic E-state index is 0.0352. The second kappa shape index (κ2) is 8.35. The van der Waals surface area contributed by atoms with E-state index in [1.165, 1.54) is 18.4 Å². The van der Waals surface area contributed by atoms with Gasteiger partial charge >= 0.3 is 5.97 Å². The summed E-state index contributed by atoms with van der Waals surface area (Å²) in [4.78, 5) is 31.5. The summed E-state index contributed by atoms with van der Waals surface area (Å²) in [6.07, 6.45) is 3.63. The quantitative estimate of drug-likeness (QED) is 0.755. The standard InChI is InChI=1S/C15H17N3O4S/c1-22-6-4-12(15(20)21)18-13(19)7-11-9-23-14(17-11)10-3-2-5-16-8-10/h2-3,5,8-9,12H,4,6-7H2,1H3,(H,18,19)(H,20,21). The van der Waals surface area contributed by atoms with Crippen LogP contribution in [-0.4, -0.2) is 46.7 Å². The lowest BCUT2D eigenvalue weighted by Crippen LogP contribution is -2.42. The van der Waals surface area contributed by atoms with E-state index in [9.17, 15) is 9.59 Å². The number of hydrogen-bond donors (Lipinski definition) is 2. The van der Waals surface area contributed by atoms with Gasteiger partial charge in [0, 0.05) is 43.5 Å². The summed E-state index contributed by atoms with van der Waals surface area (Å²) in [6, 6.07) is 2.75. The van der Waals surface area contributed by atoms with E-state index in [4.69, 9.17) is 9.84 Å². The Morgan fingerprint density at radius 1 is 1.48 bits per heavy atom. The fourth-order valence-corrected chi connectivity index (χ4v) is 2.72. The number of ether oxygens (including phenoxy) is 1. The minimum atomic E-state index is -1.08. The zero-order chi connectivity index (χ0) is 16.7. The maximum Gasteiger partial charge on any atom is 0.326 e. The van der Waals surface area contributed by atoms with Crippen LogP contribution in [-0.2, 0) is 20.7 Å². The zero-order valence-corrected chi connectivity index (χ0v) is 13.4. The molecule has 0 fully saturated rings. The predicted molar refractivity (Wildman–Crippen MR) is 85.1 cm³/mol. The maximum atomic E-state index is 12.0. The summed E-state index contributed by atoms with van der Waals surface area (Å²) in [5.41, 5.74) is 1.48. The number of rotatable bonds is 8. The van der Waals surface area contributed by atoms with Crippen LogP contribution < -0.4 is 5.32 Å². The second-order valence-electron chi connectivity index (χ2n) is 4.80. The van der Waals surface area contributed by atoms with E-state index < -0.39 is 12.0 Å². The van der Waals surface area contributed by atoms with Crippen molar-refractivity contribution in [1.82, 2.24) is 15.3 Å². The Hall–Kier alpha value is -2.32. The molecule has 0 aliphatic rings. The topological polar surface area (TPSA) is 101 Å². The lowest BCUT2D eigenvalue weighted by molar-refractivity contribution is -0.142. The molecule has 0 aliphatic heterocycles. The van der Waals surface area contributed by atoms with Gasteiger partial charge in [-0.05, 0) is 12.1 Å². The van der Waals surface area contributed by atoms with Crippen LogP contribution in [0.4, 0.5) is 0 Å². The average molecular weight is 335 g/mol. The summed E-state index contributed by atoms with van der Waals surface area (Å²) < 4.78 is 4.84. The summed E-state index contributed by atoms with van der Waals surface area (Å²) >= 11 is 1.42. The average Bonchev–Trinajstić information content (AvgIpc) is 3.00. The summed E-state index contributed by atoms with van der Waals surface area (Å²) in [5.74, 6) is -1.46. The first kappa shape index (κ1) is 17.0. The molecule has 7 nitrogen and oxygen atoms in total. The third-order valence-corrected chi connectivity index (χ3v) is 3.99. The van der Waals surface area contributed by atoms with Gasteiger partial charge in [0.2, 0.25) is 5.91 Å². The molecule has 2 aromatic rings. The molecule has 0 saturated carbocycles. The van der Waals surface area contributed by atoms with Crippen molar-refractivity contribution in [3.63, 3.8) is 0 Å². The van der Waals surface area contributed by atoms with Crippen molar-refractivity contribution in [1.29, 1.82) is 0 Å². The van der Waals surface area contributed by atoms with Crippen molar-refractivity contribution < 1.29 is 19.4 Å². The van der Waals surface area contributed by atoms with E-state index in [-0.39, 0.29) is 25.4 Å². The molecular formula is C15H17N3O4S. The van der Waals surface area contributed by atoms with Crippen molar-refractivity contribution in [3.8, 4) is 10.6 Å². The Labute approximate surface area is 137 Å². The molecule has 2 N–H and O–H groups in total. The van der Waals surface area contributed by atoms with Gasteiger partial charge in [0.05, 0.1) is 12.1 Å². The van der Waals surface area contributed by atoms with E-state index >= 15 is 0 Å². The van der Waals surface area contributed by atoms with Gasteiger partial charge < -0.3 is 15.2 Å². The number of amides is 1. The van der Waals surface area contributed by atoms with Gasteiger partial charge in [-0.2, -0.15) is 0 Å². The van der Waals surface area contributed by atoms with E-state index in [0.29, 0.717) is 5.69 Å². The van der Waals surface area contributed by atoms with Crippen molar-refractivity contribution in [2.75, 3.05) is 13.7 Å². The van der Waals surface area contributed by atoms with Gasteiger partial charge in [-0.3, -0.25) is 9.78 Å². The largest absolute Gasteiger partial charge is 0.480 e. The number of thiazole rings is 1. The van der Waals surface area contributed by atoms with Gasteiger partial charge in [-0.25, -0.2) is 9.78 Å².